The van der Waals surface area contributed by atoms with Crippen LogP contribution in [0.1, 0.15) is 47.0 Å². The van der Waals surface area contributed by atoms with Crippen LogP contribution in [-0.4, -0.2) is 51.1 Å². The number of carbonyl (C=O) groups excluding carboxylic acids is 1. The van der Waals surface area contributed by atoms with Crippen molar-refractivity contribution in [3.8, 4) is 0 Å². The van der Waals surface area contributed by atoms with E-state index in [0.29, 0.717) is 32.8 Å². The zero-order valence-electron chi connectivity index (χ0n) is 13.5. The normalized spacial score (nSPS) is 14.0. The SMILES string of the molecule is CCCNC(C)(CCOCCOCCC)C(=O)OCC. The van der Waals surface area contributed by atoms with Crippen LogP contribution in [0.3, 0.4) is 0 Å². The van der Waals surface area contributed by atoms with Crippen molar-refractivity contribution in [1.82, 2.24) is 5.32 Å². The Morgan fingerprint density at radius 2 is 1.65 bits per heavy atom. The van der Waals surface area contributed by atoms with Gasteiger partial charge in [0.25, 0.3) is 0 Å². The molecule has 0 aromatic carbocycles. The molecule has 0 rings (SSSR count). The second-order valence-corrected chi connectivity index (χ2v) is 4.95. The fourth-order valence-corrected chi connectivity index (χ4v) is 1.70. The van der Waals surface area contributed by atoms with Gasteiger partial charge in [0, 0.05) is 13.2 Å². The predicted molar refractivity (Wildman–Crippen MR) is 79.9 cm³/mol. The lowest BCUT2D eigenvalue weighted by Gasteiger charge is -2.28. The van der Waals surface area contributed by atoms with Gasteiger partial charge in [-0.3, -0.25) is 4.79 Å². The standard InChI is InChI=1S/C15H31NO4/c1-5-9-16-15(4,14(17)20-7-3)8-11-19-13-12-18-10-6-2/h16H,5-13H2,1-4H3. The molecule has 5 heteroatoms. The van der Waals surface area contributed by atoms with E-state index in [0.717, 1.165) is 26.0 Å². The molecule has 5 nitrogen and oxygen atoms in total. The van der Waals surface area contributed by atoms with Crippen molar-refractivity contribution >= 4 is 5.97 Å². The topological polar surface area (TPSA) is 56.8 Å². The third-order valence-corrected chi connectivity index (χ3v) is 2.96. The van der Waals surface area contributed by atoms with Gasteiger partial charge in [-0.1, -0.05) is 13.8 Å². The highest BCUT2D eigenvalue weighted by Crippen LogP contribution is 2.12. The van der Waals surface area contributed by atoms with Gasteiger partial charge in [-0.2, -0.15) is 0 Å². The second-order valence-electron chi connectivity index (χ2n) is 4.95. The van der Waals surface area contributed by atoms with Crippen molar-refractivity contribution < 1.29 is 19.0 Å². The quantitative estimate of drug-likeness (QED) is 0.416. The molecule has 20 heavy (non-hydrogen) atoms. The number of carbonyl (C=O) groups is 1. The molecule has 0 amide bonds. The molecule has 0 aromatic rings. The van der Waals surface area contributed by atoms with Gasteiger partial charge in [0.1, 0.15) is 5.54 Å². The molecule has 0 saturated heterocycles. The van der Waals surface area contributed by atoms with Crippen molar-refractivity contribution in [2.24, 2.45) is 0 Å². The number of hydrogen-bond donors (Lipinski definition) is 1. The molecular weight excluding hydrogens is 258 g/mol. The molecule has 120 valence electrons. The van der Waals surface area contributed by atoms with Gasteiger partial charge in [0.2, 0.25) is 0 Å². The summed E-state index contributed by atoms with van der Waals surface area (Å²) >= 11 is 0. The molecule has 0 saturated carbocycles. The predicted octanol–water partition coefficient (Wildman–Crippen LogP) is 2.14. The molecule has 0 heterocycles. The summed E-state index contributed by atoms with van der Waals surface area (Å²) in [6.07, 6.45) is 2.59. The number of esters is 1. The maximum atomic E-state index is 12.0. The van der Waals surface area contributed by atoms with Gasteiger partial charge in [0.05, 0.1) is 19.8 Å². The van der Waals surface area contributed by atoms with Crippen molar-refractivity contribution in [2.75, 3.05) is 39.6 Å². The summed E-state index contributed by atoms with van der Waals surface area (Å²) in [4.78, 5) is 12.0. The highest BCUT2D eigenvalue weighted by atomic mass is 16.5. The van der Waals surface area contributed by atoms with Gasteiger partial charge >= 0.3 is 5.97 Å². The lowest BCUT2D eigenvalue weighted by atomic mass is 9.98. The highest BCUT2D eigenvalue weighted by Gasteiger charge is 2.33. The van der Waals surface area contributed by atoms with Crippen molar-refractivity contribution in [3.05, 3.63) is 0 Å². The maximum absolute atomic E-state index is 12.0. The van der Waals surface area contributed by atoms with E-state index in [2.05, 4.69) is 19.2 Å². The first-order chi connectivity index (χ1) is 9.60. The fraction of sp³-hybridized carbons (Fsp3) is 0.933. The van der Waals surface area contributed by atoms with Crippen LogP contribution in [0.2, 0.25) is 0 Å². The summed E-state index contributed by atoms with van der Waals surface area (Å²) in [5.41, 5.74) is -0.670. The summed E-state index contributed by atoms with van der Waals surface area (Å²) in [5.74, 6) is -0.209. The first-order valence-corrected chi connectivity index (χ1v) is 7.68. The van der Waals surface area contributed by atoms with Gasteiger partial charge in [-0.05, 0) is 39.7 Å². The van der Waals surface area contributed by atoms with Gasteiger partial charge in [0.15, 0.2) is 0 Å². The maximum Gasteiger partial charge on any atom is 0.326 e. The van der Waals surface area contributed by atoms with Crippen LogP contribution < -0.4 is 5.32 Å². The van der Waals surface area contributed by atoms with E-state index >= 15 is 0 Å². The first kappa shape index (κ1) is 19.4. The minimum absolute atomic E-state index is 0.209. The molecule has 1 unspecified atom stereocenters. The molecule has 0 aromatic heterocycles. The Morgan fingerprint density at radius 3 is 2.20 bits per heavy atom. The Bertz CT molecular complexity index is 248. The first-order valence-electron chi connectivity index (χ1n) is 7.68. The van der Waals surface area contributed by atoms with Crippen LogP contribution >= 0.6 is 0 Å². The Kier molecular flexibility index (Phi) is 11.7. The van der Waals surface area contributed by atoms with E-state index in [1.165, 1.54) is 0 Å². The molecular formula is C15H31NO4. The van der Waals surface area contributed by atoms with Crippen LogP contribution in [-0.2, 0) is 19.0 Å². The van der Waals surface area contributed by atoms with Crippen LogP contribution in [0.4, 0.5) is 0 Å². The van der Waals surface area contributed by atoms with Crippen molar-refractivity contribution in [1.29, 1.82) is 0 Å². The molecule has 0 fully saturated rings. The van der Waals surface area contributed by atoms with E-state index in [1.54, 1.807) is 0 Å². The summed E-state index contributed by atoms with van der Waals surface area (Å²) in [5, 5.41) is 3.26. The van der Waals surface area contributed by atoms with Crippen LogP contribution in [0.25, 0.3) is 0 Å². The summed E-state index contributed by atoms with van der Waals surface area (Å²) in [6, 6.07) is 0. The highest BCUT2D eigenvalue weighted by molar-refractivity contribution is 5.80. The second kappa shape index (κ2) is 12.1. The third kappa shape index (κ3) is 8.51. The Balaban J connectivity index is 4.00. The average Bonchev–Trinajstić information content (AvgIpc) is 2.44. The van der Waals surface area contributed by atoms with Gasteiger partial charge in [-0.25, -0.2) is 0 Å². The van der Waals surface area contributed by atoms with E-state index < -0.39 is 5.54 Å². The molecule has 0 radical (unpaired) electrons. The Labute approximate surface area is 123 Å². The number of hydrogen-bond acceptors (Lipinski definition) is 5. The number of rotatable bonds is 13. The average molecular weight is 289 g/mol. The minimum Gasteiger partial charge on any atom is -0.465 e. The third-order valence-electron chi connectivity index (χ3n) is 2.96. The van der Waals surface area contributed by atoms with Crippen LogP contribution in [0.15, 0.2) is 0 Å². The summed E-state index contributed by atoms with van der Waals surface area (Å²) in [7, 11) is 0. The summed E-state index contributed by atoms with van der Waals surface area (Å²) in [6.45, 7) is 11.5. The molecule has 1 N–H and O–H groups in total. The monoisotopic (exact) mass is 289 g/mol. The van der Waals surface area contributed by atoms with E-state index in [9.17, 15) is 4.79 Å². The van der Waals surface area contributed by atoms with E-state index in [1.807, 2.05) is 13.8 Å². The molecule has 0 aliphatic rings. The Hall–Kier alpha value is -0.650. The van der Waals surface area contributed by atoms with Crippen LogP contribution in [0, 0.1) is 0 Å². The zero-order chi connectivity index (χ0) is 15.3. The van der Waals surface area contributed by atoms with E-state index in [4.69, 9.17) is 14.2 Å². The smallest absolute Gasteiger partial charge is 0.326 e. The lowest BCUT2D eigenvalue weighted by molar-refractivity contribution is -0.151. The van der Waals surface area contributed by atoms with Crippen LogP contribution in [0.5, 0.6) is 0 Å². The van der Waals surface area contributed by atoms with Gasteiger partial charge < -0.3 is 19.5 Å². The molecule has 0 aliphatic heterocycles. The zero-order valence-corrected chi connectivity index (χ0v) is 13.5. The fourth-order valence-electron chi connectivity index (χ4n) is 1.70. The van der Waals surface area contributed by atoms with E-state index in [-0.39, 0.29) is 5.97 Å². The number of ether oxygens (including phenoxy) is 3. The Morgan fingerprint density at radius 1 is 1.00 bits per heavy atom. The van der Waals surface area contributed by atoms with Gasteiger partial charge in [-0.15, -0.1) is 0 Å². The molecule has 1 atom stereocenters. The van der Waals surface area contributed by atoms with Crippen molar-refractivity contribution in [3.63, 3.8) is 0 Å². The lowest BCUT2D eigenvalue weighted by Crippen LogP contribution is -2.51. The minimum atomic E-state index is -0.670. The summed E-state index contributed by atoms with van der Waals surface area (Å²) < 4.78 is 16.0. The molecule has 0 bridgehead atoms. The largest absolute Gasteiger partial charge is 0.465 e. The molecule has 0 spiro atoms. The van der Waals surface area contributed by atoms with Crippen molar-refractivity contribution in [2.45, 2.75) is 52.5 Å². The molecule has 0 aliphatic carbocycles. The number of nitrogens with one attached hydrogen (secondary N) is 1.